The van der Waals surface area contributed by atoms with Crippen LogP contribution in [0.25, 0.3) is 0 Å². The van der Waals surface area contributed by atoms with Gasteiger partial charge in [0.15, 0.2) is 0 Å². The van der Waals surface area contributed by atoms with Crippen LogP contribution in [0.4, 0.5) is 0 Å². The van der Waals surface area contributed by atoms with Gasteiger partial charge in [0.05, 0.1) is 18.2 Å². The molecular formula is C16H24NO2+. The monoisotopic (exact) mass is 262 g/mol. The van der Waals surface area contributed by atoms with E-state index in [1.165, 1.54) is 37.7 Å². The molecule has 3 rings (SSSR count). The second-order valence-electron chi connectivity index (χ2n) is 5.66. The van der Waals surface area contributed by atoms with Crippen LogP contribution in [-0.2, 0) is 6.54 Å². The number of rotatable bonds is 3. The number of nitrogens with one attached hydrogen (secondary N) is 1. The van der Waals surface area contributed by atoms with Crippen molar-refractivity contribution in [1.82, 2.24) is 0 Å². The molecule has 1 heterocycles. The zero-order valence-electron chi connectivity index (χ0n) is 11.8. The molecular weight excluding hydrogens is 238 g/mol. The van der Waals surface area contributed by atoms with Crippen molar-refractivity contribution in [2.24, 2.45) is 0 Å². The highest BCUT2D eigenvalue weighted by molar-refractivity contribution is 5.40. The Bertz CT molecular complexity index is 427. The van der Waals surface area contributed by atoms with Crippen molar-refractivity contribution < 1.29 is 14.4 Å². The third kappa shape index (κ3) is 2.86. The fraction of sp³-hybridized carbons (Fsp3) is 0.625. The van der Waals surface area contributed by atoms with Gasteiger partial charge in [-0.1, -0.05) is 6.42 Å². The van der Waals surface area contributed by atoms with Crippen LogP contribution in [0.5, 0.6) is 11.5 Å². The molecule has 0 radical (unpaired) electrons. The molecule has 1 saturated carbocycles. The van der Waals surface area contributed by atoms with Gasteiger partial charge in [-0.15, -0.1) is 0 Å². The zero-order chi connectivity index (χ0) is 13.1. The predicted octanol–water partition coefficient (Wildman–Crippen LogP) is 2.15. The van der Waals surface area contributed by atoms with E-state index in [0.29, 0.717) is 0 Å². The molecule has 1 aliphatic heterocycles. The van der Waals surface area contributed by atoms with Gasteiger partial charge in [0.25, 0.3) is 0 Å². The van der Waals surface area contributed by atoms with Gasteiger partial charge in [-0.25, -0.2) is 0 Å². The second kappa shape index (κ2) is 5.83. The standard InChI is InChI=1S/C16H23NO2/c1-2-18-15-8-9-16-13(10-15)11-17(12-19-16)14-6-4-3-5-7-14/h8-10,14H,2-7,11-12H2,1H3/p+1. The van der Waals surface area contributed by atoms with Crippen molar-refractivity contribution in [3.05, 3.63) is 23.8 Å². The van der Waals surface area contributed by atoms with Crippen LogP contribution in [0.1, 0.15) is 44.6 Å². The van der Waals surface area contributed by atoms with Crippen LogP contribution in [-0.4, -0.2) is 19.4 Å². The van der Waals surface area contributed by atoms with Crippen LogP contribution >= 0.6 is 0 Å². The quantitative estimate of drug-likeness (QED) is 0.902. The fourth-order valence-corrected chi connectivity index (χ4v) is 3.33. The summed E-state index contributed by atoms with van der Waals surface area (Å²) in [4.78, 5) is 1.60. The average Bonchev–Trinajstić information content (AvgIpc) is 2.48. The number of quaternary nitrogens is 1. The van der Waals surface area contributed by atoms with Gasteiger partial charge < -0.3 is 9.47 Å². The third-order valence-corrected chi connectivity index (χ3v) is 4.36. The Labute approximate surface area is 115 Å². The molecule has 19 heavy (non-hydrogen) atoms. The zero-order valence-corrected chi connectivity index (χ0v) is 11.8. The molecule has 1 aromatic carbocycles. The van der Waals surface area contributed by atoms with Crippen molar-refractivity contribution in [1.29, 1.82) is 0 Å². The topological polar surface area (TPSA) is 22.9 Å². The normalized spacial score (nSPS) is 23.5. The maximum atomic E-state index is 5.93. The van der Waals surface area contributed by atoms with Crippen LogP contribution in [0, 0.1) is 0 Å². The van der Waals surface area contributed by atoms with E-state index in [1.807, 2.05) is 13.0 Å². The highest BCUT2D eigenvalue weighted by Gasteiger charge is 2.29. The molecule has 3 heteroatoms. The molecule has 1 aromatic rings. The first-order valence-corrected chi connectivity index (χ1v) is 7.60. The van der Waals surface area contributed by atoms with Crippen LogP contribution in [0.15, 0.2) is 18.2 Å². The lowest BCUT2D eigenvalue weighted by Gasteiger charge is -2.34. The fourth-order valence-electron chi connectivity index (χ4n) is 3.33. The Morgan fingerprint density at radius 1 is 1.26 bits per heavy atom. The van der Waals surface area contributed by atoms with Crippen LogP contribution in [0.3, 0.4) is 0 Å². The van der Waals surface area contributed by atoms with Crippen molar-refractivity contribution in [2.75, 3.05) is 13.3 Å². The molecule has 1 N–H and O–H groups in total. The van der Waals surface area contributed by atoms with Gasteiger partial charge in [0.1, 0.15) is 18.0 Å². The highest BCUT2D eigenvalue weighted by Crippen LogP contribution is 2.26. The molecule has 3 nitrogen and oxygen atoms in total. The van der Waals surface area contributed by atoms with E-state index in [0.717, 1.165) is 37.4 Å². The predicted molar refractivity (Wildman–Crippen MR) is 74.6 cm³/mol. The number of hydrogen-bond acceptors (Lipinski definition) is 2. The van der Waals surface area contributed by atoms with E-state index in [1.54, 1.807) is 4.90 Å². The van der Waals surface area contributed by atoms with Gasteiger partial charge in [0, 0.05) is 0 Å². The van der Waals surface area contributed by atoms with E-state index in [9.17, 15) is 0 Å². The second-order valence-corrected chi connectivity index (χ2v) is 5.66. The van der Waals surface area contributed by atoms with E-state index in [-0.39, 0.29) is 0 Å². The first kappa shape index (κ1) is 12.8. The Hall–Kier alpha value is -1.22. The minimum Gasteiger partial charge on any atom is -0.494 e. The summed E-state index contributed by atoms with van der Waals surface area (Å²) >= 11 is 0. The molecule has 0 saturated heterocycles. The molecule has 2 aliphatic rings. The van der Waals surface area contributed by atoms with Gasteiger partial charge >= 0.3 is 0 Å². The van der Waals surface area contributed by atoms with Gasteiger partial charge in [-0.05, 0) is 50.8 Å². The molecule has 1 fully saturated rings. The smallest absolute Gasteiger partial charge is 0.222 e. The SMILES string of the molecule is CCOc1ccc2c(c1)C[NH+](C1CCCCC1)CO2. The maximum Gasteiger partial charge on any atom is 0.222 e. The molecule has 0 amide bonds. The molecule has 0 spiro atoms. The number of benzene rings is 1. The number of ether oxygens (including phenoxy) is 2. The lowest BCUT2D eigenvalue weighted by atomic mass is 9.94. The van der Waals surface area contributed by atoms with Crippen molar-refractivity contribution in [3.8, 4) is 11.5 Å². The molecule has 1 aliphatic carbocycles. The summed E-state index contributed by atoms with van der Waals surface area (Å²) < 4.78 is 11.5. The van der Waals surface area contributed by atoms with Crippen LogP contribution < -0.4 is 14.4 Å². The summed E-state index contributed by atoms with van der Waals surface area (Å²) in [6.07, 6.45) is 6.91. The average molecular weight is 262 g/mol. The van der Waals surface area contributed by atoms with E-state index in [4.69, 9.17) is 9.47 Å². The van der Waals surface area contributed by atoms with Crippen molar-refractivity contribution in [2.45, 2.75) is 51.6 Å². The highest BCUT2D eigenvalue weighted by atomic mass is 16.5. The van der Waals surface area contributed by atoms with E-state index in [2.05, 4.69) is 12.1 Å². The summed E-state index contributed by atoms with van der Waals surface area (Å²) in [6, 6.07) is 7.00. The van der Waals surface area contributed by atoms with E-state index < -0.39 is 0 Å². The van der Waals surface area contributed by atoms with Crippen LogP contribution in [0.2, 0.25) is 0 Å². The summed E-state index contributed by atoms with van der Waals surface area (Å²) in [6.45, 7) is 4.65. The Morgan fingerprint density at radius 3 is 2.89 bits per heavy atom. The van der Waals surface area contributed by atoms with Gasteiger partial charge in [-0.3, -0.25) is 4.90 Å². The third-order valence-electron chi connectivity index (χ3n) is 4.36. The Morgan fingerprint density at radius 2 is 2.11 bits per heavy atom. The minimum absolute atomic E-state index is 0.721. The van der Waals surface area contributed by atoms with Crippen molar-refractivity contribution in [3.63, 3.8) is 0 Å². The first-order chi connectivity index (χ1) is 9.36. The maximum absolute atomic E-state index is 5.93. The number of fused-ring (bicyclic) bond motifs is 1. The summed E-state index contributed by atoms with van der Waals surface area (Å²) in [5.41, 5.74) is 1.30. The molecule has 1 atom stereocenters. The number of hydrogen-bond donors (Lipinski definition) is 1. The summed E-state index contributed by atoms with van der Waals surface area (Å²) in [5, 5.41) is 0. The molecule has 0 aromatic heterocycles. The minimum atomic E-state index is 0.721. The molecule has 1 unspecified atom stereocenters. The Balaban J connectivity index is 1.72. The lowest BCUT2D eigenvalue weighted by Crippen LogP contribution is -3.16. The van der Waals surface area contributed by atoms with Crippen molar-refractivity contribution >= 4 is 0 Å². The molecule has 104 valence electrons. The first-order valence-electron chi connectivity index (χ1n) is 7.60. The van der Waals surface area contributed by atoms with Gasteiger partial charge in [0.2, 0.25) is 6.73 Å². The largest absolute Gasteiger partial charge is 0.494 e. The summed E-state index contributed by atoms with van der Waals surface area (Å²) in [5.74, 6) is 2.01. The lowest BCUT2D eigenvalue weighted by molar-refractivity contribution is -0.957. The van der Waals surface area contributed by atoms with Gasteiger partial charge in [-0.2, -0.15) is 0 Å². The molecule has 0 bridgehead atoms. The summed E-state index contributed by atoms with van der Waals surface area (Å²) in [7, 11) is 0. The van der Waals surface area contributed by atoms with E-state index >= 15 is 0 Å². The Kier molecular flexibility index (Phi) is 3.92.